The number of carbonyl (C=O) groups is 1. The van der Waals surface area contributed by atoms with Crippen molar-refractivity contribution in [2.24, 2.45) is 5.92 Å². The molecule has 0 fully saturated rings. The van der Waals surface area contributed by atoms with Crippen LogP contribution in [0.3, 0.4) is 0 Å². The molecule has 0 aliphatic carbocycles. The maximum atomic E-state index is 11.8. The summed E-state index contributed by atoms with van der Waals surface area (Å²) in [6.07, 6.45) is 0.720. The molecule has 0 radical (unpaired) electrons. The molecule has 0 amide bonds. The lowest BCUT2D eigenvalue weighted by Gasteiger charge is -2.22. The van der Waals surface area contributed by atoms with Crippen LogP contribution in [-0.2, 0) is 14.3 Å². The second kappa shape index (κ2) is 11.6. The molecule has 0 aliphatic heterocycles. The predicted octanol–water partition coefficient (Wildman–Crippen LogP) is 3.47. The Morgan fingerprint density at radius 1 is 1.12 bits per heavy atom. The Morgan fingerprint density at radius 3 is 2.48 bits per heavy atom. The van der Waals surface area contributed by atoms with E-state index in [0.29, 0.717) is 37.1 Å². The van der Waals surface area contributed by atoms with Crippen LogP contribution >= 0.6 is 0 Å². The zero-order chi connectivity index (χ0) is 18.7. The fourth-order valence-electron chi connectivity index (χ4n) is 2.20. The number of hydrogen-bond donors (Lipinski definition) is 0. The largest absolute Gasteiger partial charge is 0.493 e. The first-order valence-corrected chi connectivity index (χ1v) is 8.63. The molecule has 0 unspecified atom stereocenters. The minimum absolute atomic E-state index is 0.164. The van der Waals surface area contributed by atoms with E-state index in [1.807, 2.05) is 13.8 Å². The smallest absolute Gasteiger partial charge is 0.309 e. The third kappa shape index (κ3) is 7.65. The van der Waals surface area contributed by atoms with E-state index in [4.69, 9.17) is 23.7 Å². The monoisotopic (exact) mass is 354 g/mol. The fraction of sp³-hybridized carbons (Fsp3) is 0.632. The summed E-state index contributed by atoms with van der Waals surface area (Å²) in [6.45, 7) is 7.33. The van der Waals surface area contributed by atoms with Crippen LogP contribution in [0.25, 0.3) is 0 Å². The van der Waals surface area contributed by atoms with E-state index in [2.05, 4.69) is 0 Å². The van der Waals surface area contributed by atoms with Crippen LogP contribution in [0, 0.1) is 5.92 Å². The number of ether oxygens (including phenoxy) is 5. The van der Waals surface area contributed by atoms with E-state index in [-0.39, 0.29) is 24.4 Å². The van der Waals surface area contributed by atoms with E-state index >= 15 is 0 Å². The average Bonchev–Trinajstić information content (AvgIpc) is 2.58. The molecule has 6 nitrogen and oxygen atoms in total. The maximum Gasteiger partial charge on any atom is 0.309 e. The summed E-state index contributed by atoms with van der Waals surface area (Å²) >= 11 is 0. The van der Waals surface area contributed by atoms with Gasteiger partial charge in [-0.3, -0.25) is 4.79 Å². The first-order chi connectivity index (χ1) is 12.0. The molecule has 25 heavy (non-hydrogen) atoms. The SMILES string of the molecule is CCOC(=O)C[C@H](Oc1ccc(OC)c(OCCCOC)c1)C(C)C. The molecule has 0 aliphatic rings. The highest BCUT2D eigenvalue weighted by Gasteiger charge is 2.21. The van der Waals surface area contributed by atoms with E-state index in [0.717, 1.165) is 6.42 Å². The van der Waals surface area contributed by atoms with Crippen molar-refractivity contribution in [3.63, 3.8) is 0 Å². The fourth-order valence-corrected chi connectivity index (χ4v) is 2.20. The molecule has 0 bridgehead atoms. The molecule has 0 saturated heterocycles. The molecular formula is C19H30O6. The van der Waals surface area contributed by atoms with Gasteiger partial charge in [0.05, 0.1) is 26.7 Å². The normalized spacial score (nSPS) is 11.9. The molecule has 1 aromatic rings. The lowest BCUT2D eigenvalue weighted by atomic mass is 10.0. The Labute approximate surface area is 150 Å². The molecule has 1 atom stereocenters. The summed E-state index contributed by atoms with van der Waals surface area (Å²) in [5, 5.41) is 0. The lowest BCUT2D eigenvalue weighted by molar-refractivity contribution is -0.145. The Kier molecular flexibility index (Phi) is 9.77. The first-order valence-electron chi connectivity index (χ1n) is 8.63. The van der Waals surface area contributed by atoms with Gasteiger partial charge < -0.3 is 23.7 Å². The van der Waals surface area contributed by atoms with Crippen molar-refractivity contribution in [1.29, 1.82) is 0 Å². The van der Waals surface area contributed by atoms with Crippen molar-refractivity contribution in [3.05, 3.63) is 18.2 Å². The van der Waals surface area contributed by atoms with Gasteiger partial charge in [0.1, 0.15) is 11.9 Å². The summed E-state index contributed by atoms with van der Waals surface area (Å²) in [5.41, 5.74) is 0. The molecule has 0 spiro atoms. The van der Waals surface area contributed by atoms with Crippen molar-refractivity contribution in [3.8, 4) is 17.2 Å². The first kappa shape index (κ1) is 21.1. The van der Waals surface area contributed by atoms with Crippen LogP contribution in [0.1, 0.15) is 33.6 Å². The van der Waals surface area contributed by atoms with Crippen LogP contribution in [-0.4, -0.2) is 46.1 Å². The number of benzene rings is 1. The summed E-state index contributed by atoms with van der Waals surface area (Å²) in [7, 11) is 3.25. The topological polar surface area (TPSA) is 63.2 Å². The van der Waals surface area contributed by atoms with Crippen molar-refractivity contribution in [2.75, 3.05) is 34.0 Å². The molecule has 0 N–H and O–H groups in total. The quantitative estimate of drug-likeness (QED) is 0.423. The molecule has 6 heteroatoms. The molecule has 0 heterocycles. The Balaban J connectivity index is 2.79. The van der Waals surface area contributed by atoms with Gasteiger partial charge >= 0.3 is 5.97 Å². The Bertz CT molecular complexity index is 515. The number of hydrogen-bond acceptors (Lipinski definition) is 6. The molecule has 1 aromatic carbocycles. The summed E-state index contributed by atoms with van der Waals surface area (Å²) in [6, 6.07) is 5.39. The molecule has 142 valence electrons. The average molecular weight is 354 g/mol. The van der Waals surface area contributed by atoms with E-state index in [1.54, 1.807) is 39.3 Å². The van der Waals surface area contributed by atoms with Crippen LogP contribution in [0.4, 0.5) is 0 Å². The van der Waals surface area contributed by atoms with Gasteiger partial charge in [-0.2, -0.15) is 0 Å². The zero-order valence-corrected chi connectivity index (χ0v) is 15.9. The van der Waals surface area contributed by atoms with Crippen LogP contribution < -0.4 is 14.2 Å². The predicted molar refractivity (Wildman–Crippen MR) is 95.5 cm³/mol. The van der Waals surface area contributed by atoms with Crippen molar-refractivity contribution >= 4 is 5.97 Å². The zero-order valence-electron chi connectivity index (χ0n) is 15.9. The van der Waals surface area contributed by atoms with Gasteiger partial charge in [-0.15, -0.1) is 0 Å². The van der Waals surface area contributed by atoms with Gasteiger partial charge in [-0.25, -0.2) is 0 Å². The van der Waals surface area contributed by atoms with Gasteiger partial charge in [0.15, 0.2) is 11.5 Å². The van der Waals surface area contributed by atoms with Crippen molar-refractivity contribution < 1.29 is 28.5 Å². The Hall–Kier alpha value is -1.95. The molecule has 0 aromatic heterocycles. The molecule has 0 saturated carbocycles. The van der Waals surface area contributed by atoms with E-state index in [9.17, 15) is 4.79 Å². The van der Waals surface area contributed by atoms with Crippen LogP contribution in [0.5, 0.6) is 17.2 Å². The number of rotatable bonds is 12. The van der Waals surface area contributed by atoms with Crippen molar-refractivity contribution in [1.82, 2.24) is 0 Å². The lowest BCUT2D eigenvalue weighted by Crippen LogP contribution is -2.27. The summed E-state index contributed by atoms with van der Waals surface area (Å²) in [5.74, 6) is 1.78. The van der Waals surface area contributed by atoms with E-state index < -0.39 is 0 Å². The standard InChI is InChI=1S/C19H30O6/c1-6-23-19(20)13-17(14(2)3)25-15-8-9-16(22-5)18(12-15)24-11-7-10-21-4/h8-9,12,14,17H,6-7,10-11,13H2,1-5H3/t17-/m0/s1. The number of methoxy groups -OCH3 is 2. The van der Waals surface area contributed by atoms with Gasteiger partial charge in [-0.1, -0.05) is 13.8 Å². The van der Waals surface area contributed by atoms with Gasteiger partial charge in [0.25, 0.3) is 0 Å². The molecular weight excluding hydrogens is 324 g/mol. The Morgan fingerprint density at radius 2 is 1.88 bits per heavy atom. The van der Waals surface area contributed by atoms with Crippen molar-refractivity contribution in [2.45, 2.75) is 39.7 Å². The second-order valence-corrected chi connectivity index (χ2v) is 5.92. The minimum atomic E-state index is -0.270. The maximum absolute atomic E-state index is 11.8. The van der Waals surface area contributed by atoms with E-state index in [1.165, 1.54) is 0 Å². The van der Waals surface area contributed by atoms with Crippen LogP contribution in [0.2, 0.25) is 0 Å². The number of esters is 1. The number of carbonyl (C=O) groups excluding carboxylic acids is 1. The highest BCUT2D eigenvalue weighted by Crippen LogP contribution is 2.32. The third-order valence-corrected chi connectivity index (χ3v) is 3.59. The third-order valence-electron chi connectivity index (χ3n) is 3.59. The highest BCUT2D eigenvalue weighted by molar-refractivity contribution is 5.70. The van der Waals surface area contributed by atoms with Gasteiger partial charge in [0.2, 0.25) is 0 Å². The van der Waals surface area contributed by atoms with Gasteiger partial charge in [-0.05, 0) is 25.0 Å². The summed E-state index contributed by atoms with van der Waals surface area (Å²) in [4.78, 5) is 11.8. The second-order valence-electron chi connectivity index (χ2n) is 5.92. The van der Waals surface area contributed by atoms with Gasteiger partial charge in [0, 0.05) is 26.2 Å². The van der Waals surface area contributed by atoms with Crippen LogP contribution in [0.15, 0.2) is 18.2 Å². The highest BCUT2D eigenvalue weighted by atomic mass is 16.5. The molecule has 1 rings (SSSR count). The summed E-state index contributed by atoms with van der Waals surface area (Å²) < 4.78 is 27.1. The minimum Gasteiger partial charge on any atom is -0.493 e.